The van der Waals surface area contributed by atoms with Gasteiger partial charge in [0.25, 0.3) is 0 Å². The van der Waals surface area contributed by atoms with Crippen LogP contribution in [0.5, 0.6) is 5.75 Å². The van der Waals surface area contributed by atoms with Crippen molar-refractivity contribution in [3.63, 3.8) is 0 Å². The molecule has 0 saturated heterocycles. The van der Waals surface area contributed by atoms with Crippen LogP contribution in [0, 0.1) is 0 Å². The summed E-state index contributed by atoms with van der Waals surface area (Å²) in [6.45, 7) is 0. The third-order valence-corrected chi connectivity index (χ3v) is 2.32. The minimum atomic E-state index is -0.792. The molecule has 0 aliphatic carbocycles. The summed E-state index contributed by atoms with van der Waals surface area (Å²) in [5.74, 6) is 0.647. The molecule has 1 aromatic heterocycles. The lowest BCUT2D eigenvalue weighted by molar-refractivity contribution is 0.209. The van der Waals surface area contributed by atoms with Gasteiger partial charge in [-0.1, -0.05) is 18.2 Å². The summed E-state index contributed by atoms with van der Waals surface area (Å²) in [6.07, 6.45) is 2.22. The predicted octanol–water partition coefficient (Wildman–Crippen LogP) is 1.57. The zero-order chi connectivity index (χ0) is 11.4. The van der Waals surface area contributed by atoms with Crippen LogP contribution in [0.2, 0.25) is 0 Å². The third-order valence-electron chi connectivity index (χ3n) is 2.32. The molecule has 0 spiro atoms. The average Bonchev–Trinajstić information content (AvgIpc) is 2.39. The van der Waals surface area contributed by atoms with Gasteiger partial charge in [-0.05, 0) is 12.1 Å². The Morgan fingerprint density at radius 1 is 1.25 bits per heavy atom. The quantitative estimate of drug-likeness (QED) is 0.846. The first-order chi connectivity index (χ1) is 7.83. The van der Waals surface area contributed by atoms with Gasteiger partial charge in [-0.2, -0.15) is 0 Å². The van der Waals surface area contributed by atoms with Crippen molar-refractivity contribution < 1.29 is 9.84 Å². The maximum absolute atomic E-state index is 10.1. The molecule has 16 heavy (non-hydrogen) atoms. The van der Waals surface area contributed by atoms with Gasteiger partial charge < -0.3 is 9.84 Å². The van der Waals surface area contributed by atoms with Crippen LogP contribution >= 0.6 is 0 Å². The summed E-state index contributed by atoms with van der Waals surface area (Å²) in [7, 11) is 1.57. The smallest absolute Gasteiger partial charge is 0.125 e. The van der Waals surface area contributed by atoms with Crippen molar-refractivity contribution >= 4 is 0 Å². The Morgan fingerprint density at radius 3 is 2.75 bits per heavy atom. The van der Waals surface area contributed by atoms with E-state index in [1.165, 1.54) is 6.33 Å². The van der Waals surface area contributed by atoms with E-state index in [0.717, 1.165) is 0 Å². The summed E-state index contributed by atoms with van der Waals surface area (Å²) in [5, 5.41) is 10.1. The molecule has 1 atom stereocenters. The van der Waals surface area contributed by atoms with E-state index >= 15 is 0 Å². The molecule has 0 bridgehead atoms. The van der Waals surface area contributed by atoms with Crippen molar-refractivity contribution in [3.8, 4) is 5.75 Å². The minimum absolute atomic E-state index is 0.555. The number of para-hydroxylation sites is 1. The molecule has 0 saturated carbocycles. The highest BCUT2D eigenvalue weighted by Gasteiger charge is 2.15. The first-order valence-electron chi connectivity index (χ1n) is 4.90. The fraction of sp³-hybridized carbons (Fsp3) is 0.167. The number of hydrogen-bond acceptors (Lipinski definition) is 4. The molecular weight excluding hydrogens is 204 g/mol. The second kappa shape index (κ2) is 4.72. The van der Waals surface area contributed by atoms with Gasteiger partial charge in [-0.25, -0.2) is 9.97 Å². The molecule has 1 aromatic carbocycles. The SMILES string of the molecule is COc1ccccc1C(O)c1ccncn1. The summed E-state index contributed by atoms with van der Waals surface area (Å²) >= 11 is 0. The van der Waals surface area contributed by atoms with Crippen LogP contribution in [0.1, 0.15) is 17.4 Å². The molecule has 4 heteroatoms. The van der Waals surface area contributed by atoms with Crippen LogP contribution in [-0.2, 0) is 0 Å². The van der Waals surface area contributed by atoms with E-state index in [4.69, 9.17) is 4.74 Å². The molecule has 1 heterocycles. The van der Waals surface area contributed by atoms with Gasteiger partial charge in [0.05, 0.1) is 12.8 Å². The molecule has 2 rings (SSSR count). The molecule has 0 aliphatic heterocycles. The highest BCUT2D eigenvalue weighted by molar-refractivity contribution is 5.38. The number of hydrogen-bond donors (Lipinski definition) is 1. The Kier molecular flexibility index (Phi) is 3.12. The van der Waals surface area contributed by atoms with Crippen LogP contribution in [0.3, 0.4) is 0 Å². The van der Waals surface area contributed by atoms with Crippen LogP contribution in [-0.4, -0.2) is 22.2 Å². The first kappa shape index (κ1) is 10.6. The first-order valence-corrected chi connectivity index (χ1v) is 4.90. The zero-order valence-electron chi connectivity index (χ0n) is 8.87. The summed E-state index contributed by atoms with van der Waals surface area (Å²) in [5.41, 5.74) is 1.25. The van der Waals surface area contributed by atoms with Crippen molar-refractivity contribution in [1.29, 1.82) is 0 Å². The fourth-order valence-electron chi connectivity index (χ4n) is 1.51. The Labute approximate surface area is 93.6 Å². The summed E-state index contributed by atoms with van der Waals surface area (Å²) in [4.78, 5) is 7.82. The van der Waals surface area contributed by atoms with E-state index in [1.54, 1.807) is 25.4 Å². The molecule has 82 valence electrons. The molecule has 0 amide bonds. The van der Waals surface area contributed by atoms with Crippen LogP contribution in [0.15, 0.2) is 42.9 Å². The standard InChI is InChI=1S/C12H12N2O2/c1-16-11-5-3-2-4-9(11)12(15)10-6-7-13-8-14-10/h2-8,12,15H,1H3. The largest absolute Gasteiger partial charge is 0.496 e. The third kappa shape index (κ3) is 2.01. The highest BCUT2D eigenvalue weighted by Crippen LogP contribution is 2.28. The van der Waals surface area contributed by atoms with E-state index in [1.807, 2.05) is 18.2 Å². The summed E-state index contributed by atoms with van der Waals surface area (Å²) in [6, 6.07) is 9.00. The Balaban J connectivity index is 2.37. The maximum Gasteiger partial charge on any atom is 0.125 e. The normalized spacial score (nSPS) is 12.1. The van der Waals surface area contributed by atoms with E-state index < -0.39 is 6.10 Å². The van der Waals surface area contributed by atoms with Gasteiger partial charge in [0.1, 0.15) is 18.2 Å². The van der Waals surface area contributed by atoms with Gasteiger partial charge in [-0.3, -0.25) is 0 Å². The van der Waals surface area contributed by atoms with E-state index in [-0.39, 0.29) is 0 Å². The number of benzene rings is 1. The Hall–Kier alpha value is -1.94. The van der Waals surface area contributed by atoms with E-state index in [9.17, 15) is 5.11 Å². The highest BCUT2D eigenvalue weighted by atomic mass is 16.5. The van der Waals surface area contributed by atoms with Crippen molar-refractivity contribution in [2.24, 2.45) is 0 Å². The van der Waals surface area contributed by atoms with Crippen LogP contribution in [0.25, 0.3) is 0 Å². The number of ether oxygens (including phenoxy) is 1. The number of methoxy groups -OCH3 is 1. The maximum atomic E-state index is 10.1. The molecule has 0 radical (unpaired) electrons. The van der Waals surface area contributed by atoms with Gasteiger partial charge in [0.2, 0.25) is 0 Å². The van der Waals surface area contributed by atoms with Gasteiger partial charge >= 0.3 is 0 Å². The van der Waals surface area contributed by atoms with Gasteiger partial charge in [-0.15, -0.1) is 0 Å². The van der Waals surface area contributed by atoms with Gasteiger partial charge in [0.15, 0.2) is 0 Å². The average molecular weight is 216 g/mol. The number of aliphatic hydroxyl groups excluding tert-OH is 1. The Bertz CT molecular complexity index is 460. The second-order valence-corrected chi connectivity index (χ2v) is 3.28. The van der Waals surface area contributed by atoms with E-state index in [2.05, 4.69) is 9.97 Å². The Morgan fingerprint density at radius 2 is 2.06 bits per heavy atom. The number of aliphatic hydroxyl groups is 1. The molecular formula is C12H12N2O2. The predicted molar refractivity (Wildman–Crippen MR) is 59.1 cm³/mol. The lowest BCUT2D eigenvalue weighted by atomic mass is 10.1. The van der Waals surface area contributed by atoms with Crippen molar-refractivity contribution in [3.05, 3.63) is 54.1 Å². The monoisotopic (exact) mass is 216 g/mol. The summed E-state index contributed by atoms with van der Waals surface area (Å²) < 4.78 is 5.18. The number of aromatic nitrogens is 2. The second-order valence-electron chi connectivity index (χ2n) is 3.28. The molecule has 0 fully saturated rings. The fourth-order valence-corrected chi connectivity index (χ4v) is 1.51. The molecule has 1 N–H and O–H groups in total. The number of rotatable bonds is 3. The van der Waals surface area contributed by atoms with Crippen molar-refractivity contribution in [1.82, 2.24) is 9.97 Å². The minimum Gasteiger partial charge on any atom is -0.496 e. The van der Waals surface area contributed by atoms with Crippen molar-refractivity contribution in [2.75, 3.05) is 7.11 Å². The lowest BCUT2D eigenvalue weighted by Gasteiger charge is -2.13. The van der Waals surface area contributed by atoms with Crippen LogP contribution < -0.4 is 4.74 Å². The number of nitrogens with zero attached hydrogens (tertiary/aromatic N) is 2. The van der Waals surface area contributed by atoms with Crippen LogP contribution in [0.4, 0.5) is 0 Å². The zero-order valence-corrected chi connectivity index (χ0v) is 8.87. The van der Waals surface area contributed by atoms with E-state index in [0.29, 0.717) is 17.0 Å². The van der Waals surface area contributed by atoms with Gasteiger partial charge in [0, 0.05) is 11.8 Å². The molecule has 2 aromatic rings. The molecule has 4 nitrogen and oxygen atoms in total. The lowest BCUT2D eigenvalue weighted by Crippen LogP contribution is -2.04. The topological polar surface area (TPSA) is 55.2 Å². The molecule has 1 unspecified atom stereocenters. The molecule has 0 aliphatic rings. The van der Waals surface area contributed by atoms with Crippen molar-refractivity contribution in [2.45, 2.75) is 6.10 Å².